The van der Waals surface area contributed by atoms with Crippen LogP contribution in [0.25, 0.3) is 0 Å². The van der Waals surface area contributed by atoms with E-state index in [2.05, 4.69) is 4.72 Å². The second kappa shape index (κ2) is 7.17. The first-order valence-electron chi connectivity index (χ1n) is 6.29. The maximum atomic E-state index is 12.1. The number of nitrogens with one attached hydrogen (secondary N) is 1. The highest BCUT2D eigenvalue weighted by atomic mass is 35.5. The fraction of sp³-hybridized carbons (Fsp3) is 0.500. The zero-order valence-electron chi connectivity index (χ0n) is 12.0. The zero-order chi connectivity index (χ0) is 16.2. The van der Waals surface area contributed by atoms with Crippen LogP contribution in [0, 0.1) is 10.1 Å². The summed E-state index contributed by atoms with van der Waals surface area (Å²) in [6, 6.07) is 3.61. The van der Waals surface area contributed by atoms with Crippen LogP contribution in [0.3, 0.4) is 0 Å². The first-order valence-corrected chi connectivity index (χ1v) is 8.15. The van der Waals surface area contributed by atoms with Crippen molar-refractivity contribution in [1.29, 1.82) is 0 Å². The summed E-state index contributed by atoms with van der Waals surface area (Å²) in [5, 5.41) is 10.7. The molecular weight excluding hydrogens is 318 g/mol. The molecule has 0 saturated heterocycles. The monoisotopic (exact) mass is 335 g/mol. The highest BCUT2D eigenvalue weighted by Crippen LogP contribution is 2.25. The van der Waals surface area contributed by atoms with Gasteiger partial charge in [-0.1, -0.05) is 11.6 Å². The van der Waals surface area contributed by atoms with Crippen molar-refractivity contribution in [2.45, 2.75) is 24.8 Å². The van der Waals surface area contributed by atoms with E-state index in [1.165, 1.54) is 6.07 Å². The minimum Gasteiger partial charge on any atom is -0.303 e. The number of halogens is 1. The predicted molar refractivity (Wildman–Crippen MR) is 81.1 cm³/mol. The van der Waals surface area contributed by atoms with Crippen molar-refractivity contribution in [2.24, 2.45) is 0 Å². The van der Waals surface area contributed by atoms with Gasteiger partial charge in [-0.05, 0) is 27.0 Å². The van der Waals surface area contributed by atoms with Gasteiger partial charge in [0.2, 0.25) is 10.0 Å². The molecule has 7 nitrogen and oxygen atoms in total. The maximum absolute atomic E-state index is 12.1. The summed E-state index contributed by atoms with van der Waals surface area (Å²) in [7, 11) is -2.01. The molecule has 0 aromatic heterocycles. The highest BCUT2D eigenvalue weighted by molar-refractivity contribution is 7.89. The number of likely N-dealkylation sites (N-methyl/N-ethyl adjacent to an activating group) is 1. The Balaban J connectivity index is 2.88. The second-order valence-corrected chi connectivity index (χ2v) is 6.99. The van der Waals surface area contributed by atoms with Crippen LogP contribution in [0.15, 0.2) is 23.1 Å². The Hall–Kier alpha value is -1.22. The number of sulfonamides is 1. The van der Waals surface area contributed by atoms with Crippen LogP contribution in [-0.2, 0) is 10.0 Å². The van der Waals surface area contributed by atoms with E-state index >= 15 is 0 Å². The molecule has 0 aliphatic heterocycles. The van der Waals surface area contributed by atoms with E-state index in [0.717, 1.165) is 12.1 Å². The van der Waals surface area contributed by atoms with Gasteiger partial charge in [0.15, 0.2) is 0 Å². The molecule has 0 atom stereocenters. The van der Waals surface area contributed by atoms with E-state index in [-0.39, 0.29) is 28.2 Å². The Labute approximate surface area is 129 Å². The summed E-state index contributed by atoms with van der Waals surface area (Å²) < 4.78 is 26.7. The Morgan fingerprint density at radius 2 is 2.05 bits per heavy atom. The molecule has 0 bridgehead atoms. The maximum Gasteiger partial charge on any atom is 0.270 e. The van der Waals surface area contributed by atoms with E-state index in [9.17, 15) is 18.5 Å². The molecule has 1 rings (SSSR count). The van der Waals surface area contributed by atoms with Gasteiger partial charge in [0.25, 0.3) is 5.69 Å². The summed E-state index contributed by atoms with van der Waals surface area (Å²) in [4.78, 5) is 11.7. The predicted octanol–water partition coefficient (Wildman–Crippen LogP) is 1.87. The van der Waals surface area contributed by atoms with E-state index in [0.29, 0.717) is 6.54 Å². The Morgan fingerprint density at radius 3 is 2.57 bits per heavy atom. The molecule has 0 radical (unpaired) electrons. The Kier molecular flexibility index (Phi) is 6.09. The number of hydrogen-bond acceptors (Lipinski definition) is 5. The highest BCUT2D eigenvalue weighted by Gasteiger charge is 2.21. The van der Waals surface area contributed by atoms with Crippen LogP contribution in [-0.4, -0.2) is 44.4 Å². The molecule has 0 aliphatic carbocycles. The summed E-state index contributed by atoms with van der Waals surface area (Å²) in [5.74, 6) is 0. The molecule has 0 spiro atoms. The SMILES string of the molecule is CC(C)N(C)CCNS(=O)(=O)c1cc([N+](=O)[O-])ccc1Cl. The molecule has 21 heavy (non-hydrogen) atoms. The number of nitrogens with zero attached hydrogens (tertiary/aromatic N) is 2. The van der Waals surface area contributed by atoms with Gasteiger partial charge in [-0.2, -0.15) is 0 Å². The van der Waals surface area contributed by atoms with E-state index in [4.69, 9.17) is 11.6 Å². The number of hydrogen-bond donors (Lipinski definition) is 1. The first kappa shape index (κ1) is 17.8. The van der Waals surface area contributed by atoms with Crippen LogP contribution in [0.1, 0.15) is 13.8 Å². The lowest BCUT2D eigenvalue weighted by Gasteiger charge is -2.20. The van der Waals surface area contributed by atoms with Gasteiger partial charge in [-0.15, -0.1) is 0 Å². The average molecular weight is 336 g/mol. The zero-order valence-corrected chi connectivity index (χ0v) is 13.6. The molecule has 1 aromatic carbocycles. The van der Waals surface area contributed by atoms with Crippen LogP contribution < -0.4 is 4.72 Å². The molecule has 118 valence electrons. The van der Waals surface area contributed by atoms with Crippen molar-refractivity contribution in [3.8, 4) is 0 Å². The number of rotatable bonds is 7. The number of nitro groups is 1. The minimum absolute atomic E-state index is 0.0506. The molecule has 1 aromatic rings. The van der Waals surface area contributed by atoms with Crippen LogP contribution in [0.5, 0.6) is 0 Å². The smallest absolute Gasteiger partial charge is 0.270 e. The lowest BCUT2D eigenvalue weighted by Crippen LogP contribution is -2.36. The van der Waals surface area contributed by atoms with Crippen molar-refractivity contribution in [3.63, 3.8) is 0 Å². The lowest BCUT2D eigenvalue weighted by molar-refractivity contribution is -0.385. The van der Waals surface area contributed by atoms with Gasteiger partial charge in [0, 0.05) is 31.3 Å². The summed E-state index contributed by atoms with van der Waals surface area (Å²) in [5.41, 5.74) is -0.320. The Morgan fingerprint density at radius 1 is 1.43 bits per heavy atom. The third-order valence-electron chi connectivity index (χ3n) is 3.05. The molecule has 9 heteroatoms. The van der Waals surface area contributed by atoms with Gasteiger partial charge in [0.1, 0.15) is 4.90 Å². The largest absolute Gasteiger partial charge is 0.303 e. The first-order chi connectivity index (χ1) is 9.65. The fourth-order valence-corrected chi connectivity index (χ4v) is 3.04. The third-order valence-corrected chi connectivity index (χ3v) is 5.00. The second-order valence-electron chi connectivity index (χ2n) is 4.84. The summed E-state index contributed by atoms with van der Waals surface area (Å²) in [6.07, 6.45) is 0. The molecule has 0 aliphatic rings. The fourth-order valence-electron chi connectivity index (χ4n) is 1.50. The van der Waals surface area contributed by atoms with Gasteiger partial charge in [-0.3, -0.25) is 10.1 Å². The van der Waals surface area contributed by atoms with Crippen LogP contribution >= 0.6 is 11.6 Å². The lowest BCUT2D eigenvalue weighted by atomic mass is 10.3. The van der Waals surface area contributed by atoms with Crippen LogP contribution in [0.4, 0.5) is 5.69 Å². The van der Waals surface area contributed by atoms with Gasteiger partial charge >= 0.3 is 0 Å². The molecule has 0 fully saturated rings. The topological polar surface area (TPSA) is 92.6 Å². The number of nitro benzene ring substituents is 1. The van der Waals surface area contributed by atoms with Gasteiger partial charge in [0.05, 0.1) is 9.95 Å². The third kappa shape index (κ3) is 4.92. The van der Waals surface area contributed by atoms with Crippen molar-refractivity contribution in [3.05, 3.63) is 33.3 Å². The normalized spacial score (nSPS) is 12.1. The van der Waals surface area contributed by atoms with Crippen molar-refractivity contribution in [2.75, 3.05) is 20.1 Å². The molecule has 0 amide bonds. The van der Waals surface area contributed by atoms with E-state index < -0.39 is 14.9 Å². The standard InChI is InChI=1S/C12H18ClN3O4S/c1-9(2)15(3)7-6-14-21(19,20)12-8-10(16(17)18)4-5-11(12)13/h4-5,8-9,14H,6-7H2,1-3H3. The van der Waals surface area contributed by atoms with Gasteiger partial charge in [-0.25, -0.2) is 13.1 Å². The van der Waals surface area contributed by atoms with Crippen molar-refractivity contribution < 1.29 is 13.3 Å². The van der Waals surface area contributed by atoms with E-state index in [1.807, 2.05) is 25.8 Å². The minimum atomic E-state index is -3.88. The van der Waals surface area contributed by atoms with E-state index in [1.54, 1.807) is 0 Å². The molecule has 0 saturated carbocycles. The van der Waals surface area contributed by atoms with Gasteiger partial charge < -0.3 is 4.90 Å². The van der Waals surface area contributed by atoms with Crippen molar-refractivity contribution in [1.82, 2.24) is 9.62 Å². The molecule has 0 unspecified atom stereocenters. The molecule has 0 heterocycles. The average Bonchev–Trinajstić information content (AvgIpc) is 2.38. The number of non-ortho nitro benzene ring substituents is 1. The van der Waals surface area contributed by atoms with Crippen molar-refractivity contribution >= 4 is 27.3 Å². The molecular formula is C12H18ClN3O4S. The quantitative estimate of drug-likeness (QED) is 0.606. The number of benzene rings is 1. The summed E-state index contributed by atoms with van der Waals surface area (Å²) in [6.45, 7) is 4.69. The van der Waals surface area contributed by atoms with Crippen LogP contribution in [0.2, 0.25) is 5.02 Å². The Bertz CT molecular complexity index is 619. The molecule has 1 N–H and O–H groups in total. The summed E-state index contributed by atoms with van der Waals surface area (Å²) >= 11 is 5.83.